The van der Waals surface area contributed by atoms with E-state index in [1.165, 1.54) is 0 Å². The van der Waals surface area contributed by atoms with Gasteiger partial charge in [0.15, 0.2) is 28.8 Å². The molecule has 224 valence electrons. The fourth-order valence-electron chi connectivity index (χ4n) is 7.91. The summed E-state index contributed by atoms with van der Waals surface area (Å²) in [4.78, 5) is 10.3. The minimum atomic E-state index is -0.891. The number of nitrogens with zero attached hydrogens (tertiary/aromatic N) is 2. The van der Waals surface area contributed by atoms with Crippen LogP contribution in [0.25, 0.3) is 61.4 Å². The lowest BCUT2D eigenvalue weighted by Gasteiger charge is -2.31. The van der Waals surface area contributed by atoms with Gasteiger partial charge >= 0.3 is 0 Å². The Morgan fingerprint density at radius 2 is 1.23 bits per heavy atom. The topological polar surface area (TPSA) is 57.4 Å². The zero-order valence-corrected chi connectivity index (χ0v) is 25.5. The number of para-hydroxylation sites is 4. The van der Waals surface area contributed by atoms with Crippen molar-refractivity contribution in [2.75, 3.05) is 0 Å². The number of rotatable bonds is 2. The summed E-state index contributed by atoms with van der Waals surface area (Å²) in [6.45, 7) is 0. The van der Waals surface area contributed by atoms with Crippen molar-refractivity contribution in [3.63, 3.8) is 0 Å². The number of fused-ring (bicyclic) bond motifs is 13. The maximum Gasteiger partial charge on any atom is 0.179 e. The zero-order valence-electron chi connectivity index (χ0n) is 25.5. The van der Waals surface area contributed by atoms with Crippen molar-refractivity contribution < 1.29 is 13.9 Å². The van der Waals surface area contributed by atoms with E-state index in [-0.39, 0.29) is 0 Å². The number of ether oxygens (including phenoxy) is 2. The highest BCUT2D eigenvalue weighted by molar-refractivity contribution is 6.01. The van der Waals surface area contributed by atoms with Gasteiger partial charge in [-0.25, -0.2) is 9.97 Å². The van der Waals surface area contributed by atoms with Gasteiger partial charge in [-0.3, -0.25) is 0 Å². The molecule has 11 rings (SSSR count). The van der Waals surface area contributed by atoms with E-state index in [9.17, 15) is 0 Å². The standard InChI is InChI=1S/C43H24N2O3/c1-2-12-25(13-3-1)38-29-15-5-8-18-33(29)44-42(45-38)26-22-23-28-27-14-4-7-17-31(27)43(32(28)24-26)40-37(30-16-6-9-19-34(30)47-40)39-41(43)48-36-21-11-10-20-35(36)46-39/h1-24H. The molecule has 2 aliphatic carbocycles. The van der Waals surface area contributed by atoms with Crippen LogP contribution in [0.3, 0.4) is 0 Å². The van der Waals surface area contributed by atoms with Gasteiger partial charge in [0, 0.05) is 21.9 Å². The quantitative estimate of drug-likeness (QED) is 0.193. The fraction of sp³-hybridized carbons (Fsp3) is 0.0233. The molecule has 8 aromatic rings. The Labute approximate surface area is 275 Å². The van der Waals surface area contributed by atoms with E-state index in [0.717, 1.165) is 72.3 Å². The minimum absolute atomic E-state index is 0.657. The third-order valence-electron chi connectivity index (χ3n) is 9.94. The predicted molar refractivity (Wildman–Crippen MR) is 187 cm³/mol. The first kappa shape index (κ1) is 25.7. The van der Waals surface area contributed by atoms with Gasteiger partial charge < -0.3 is 13.9 Å². The fourth-order valence-corrected chi connectivity index (χ4v) is 7.91. The van der Waals surface area contributed by atoms with Crippen molar-refractivity contribution >= 4 is 27.6 Å². The van der Waals surface area contributed by atoms with Crippen LogP contribution < -0.4 is 9.47 Å². The van der Waals surface area contributed by atoms with Crippen LogP contribution in [-0.4, -0.2) is 9.97 Å². The predicted octanol–water partition coefficient (Wildman–Crippen LogP) is 10.2. The summed E-state index contributed by atoms with van der Waals surface area (Å²) in [7, 11) is 0. The number of hydrogen-bond donors (Lipinski definition) is 0. The Balaban J connectivity index is 1.22. The van der Waals surface area contributed by atoms with Crippen LogP contribution in [0.2, 0.25) is 0 Å². The molecule has 0 amide bonds. The molecule has 5 nitrogen and oxygen atoms in total. The maximum atomic E-state index is 6.94. The van der Waals surface area contributed by atoms with Crippen LogP contribution in [0, 0.1) is 0 Å². The number of furan rings is 1. The largest absolute Gasteiger partial charge is 0.458 e. The SMILES string of the molecule is c1ccc(-c2nc(-c3ccc4c(c3)C3(C5=C(Oc6ccccc6O5)c5c3oc3ccccc53)c3ccccc3-4)nc3ccccc23)cc1. The summed E-state index contributed by atoms with van der Waals surface area (Å²) in [5.74, 6) is 4.22. The molecular formula is C43H24N2O3. The van der Waals surface area contributed by atoms with Crippen LogP contribution >= 0.6 is 0 Å². The lowest BCUT2D eigenvalue weighted by molar-refractivity contribution is 0.306. The van der Waals surface area contributed by atoms with Gasteiger partial charge in [-0.2, -0.15) is 0 Å². The third kappa shape index (κ3) is 3.24. The molecule has 3 heterocycles. The number of benzene rings is 6. The van der Waals surface area contributed by atoms with Crippen molar-refractivity contribution in [3.05, 3.63) is 174 Å². The highest BCUT2D eigenvalue weighted by Gasteiger charge is 2.60. The van der Waals surface area contributed by atoms with Crippen molar-refractivity contribution in [1.82, 2.24) is 9.97 Å². The molecule has 0 bridgehead atoms. The smallest absolute Gasteiger partial charge is 0.179 e. The van der Waals surface area contributed by atoms with Crippen molar-refractivity contribution in [1.29, 1.82) is 0 Å². The average molecular weight is 617 g/mol. The highest BCUT2D eigenvalue weighted by Crippen LogP contribution is 2.65. The normalized spacial score (nSPS) is 16.7. The molecule has 3 aliphatic rings. The van der Waals surface area contributed by atoms with Gasteiger partial charge in [0.25, 0.3) is 0 Å². The highest BCUT2D eigenvalue weighted by atomic mass is 16.6. The van der Waals surface area contributed by atoms with Gasteiger partial charge in [0.2, 0.25) is 0 Å². The molecule has 1 atom stereocenters. The van der Waals surface area contributed by atoms with Crippen molar-refractivity contribution in [3.8, 4) is 45.3 Å². The molecule has 0 radical (unpaired) electrons. The van der Waals surface area contributed by atoms with E-state index in [2.05, 4.69) is 72.8 Å². The second kappa shape index (κ2) is 9.30. The molecule has 5 heteroatoms. The Kier molecular flexibility index (Phi) is 4.98. The molecule has 1 aliphatic heterocycles. The van der Waals surface area contributed by atoms with Crippen LogP contribution in [0.5, 0.6) is 11.5 Å². The van der Waals surface area contributed by atoms with E-state index >= 15 is 0 Å². The van der Waals surface area contributed by atoms with Crippen LogP contribution in [0.1, 0.15) is 22.5 Å². The van der Waals surface area contributed by atoms with Gasteiger partial charge in [-0.15, -0.1) is 0 Å². The van der Waals surface area contributed by atoms with Crippen LogP contribution in [0.4, 0.5) is 0 Å². The summed E-state index contributed by atoms with van der Waals surface area (Å²) < 4.78 is 20.6. The molecule has 6 aromatic carbocycles. The monoisotopic (exact) mass is 616 g/mol. The molecule has 2 aromatic heterocycles. The van der Waals surface area contributed by atoms with E-state index in [4.69, 9.17) is 23.9 Å². The number of hydrogen-bond acceptors (Lipinski definition) is 5. The summed E-state index contributed by atoms with van der Waals surface area (Å²) in [6, 6.07) is 49.6. The van der Waals surface area contributed by atoms with Gasteiger partial charge in [-0.1, -0.05) is 115 Å². The van der Waals surface area contributed by atoms with Crippen molar-refractivity contribution in [2.45, 2.75) is 5.41 Å². The van der Waals surface area contributed by atoms with Crippen LogP contribution in [-0.2, 0) is 5.41 Å². The first-order chi connectivity index (χ1) is 23.8. The summed E-state index contributed by atoms with van der Waals surface area (Å²) >= 11 is 0. The molecule has 1 spiro atoms. The number of aromatic nitrogens is 2. The molecule has 0 fully saturated rings. The summed E-state index contributed by atoms with van der Waals surface area (Å²) in [6.07, 6.45) is 0. The lowest BCUT2D eigenvalue weighted by atomic mass is 9.75. The molecule has 0 saturated carbocycles. The molecule has 1 unspecified atom stereocenters. The van der Waals surface area contributed by atoms with Gasteiger partial charge in [-0.05, 0) is 52.6 Å². The second-order valence-electron chi connectivity index (χ2n) is 12.4. The average Bonchev–Trinajstić information content (AvgIpc) is 3.77. The van der Waals surface area contributed by atoms with Crippen molar-refractivity contribution in [2.24, 2.45) is 0 Å². The summed E-state index contributed by atoms with van der Waals surface area (Å²) in [5, 5.41) is 2.01. The Hall–Kier alpha value is -6.46. The van der Waals surface area contributed by atoms with E-state index in [1.807, 2.05) is 72.8 Å². The lowest BCUT2D eigenvalue weighted by Crippen LogP contribution is -2.31. The first-order valence-electron chi connectivity index (χ1n) is 16.1. The molecule has 48 heavy (non-hydrogen) atoms. The van der Waals surface area contributed by atoms with E-state index in [0.29, 0.717) is 28.8 Å². The second-order valence-corrected chi connectivity index (χ2v) is 12.4. The number of allylic oxidation sites excluding steroid dienone is 1. The van der Waals surface area contributed by atoms with E-state index < -0.39 is 5.41 Å². The molecular weight excluding hydrogens is 592 g/mol. The Morgan fingerprint density at radius 1 is 0.521 bits per heavy atom. The molecule has 0 N–H and O–H groups in total. The zero-order chi connectivity index (χ0) is 31.4. The maximum absolute atomic E-state index is 6.94. The van der Waals surface area contributed by atoms with Gasteiger partial charge in [0.1, 0.15) is 16.8 Å². The molecule has 0 saturated heterocycles. The third-order valence-corrected chi connectivity index (χ3v) is 9.94. The van der Waals surface area contributed by atoms with E-state index in [1.54, 1.807) is 0 Å². The Morgan fingerprint density at radius 3 is 2.12 bits per heavy atom. The van der Waals surface area contributed by atoms with Crippen LogP contribution in [0.15, 0.2) is 156 Å². The summed E-state index contributed by atoms with van der Waals surface area (Å²) in [5.41, 5.74) is 8.98. The first-order valence-corrected chi connectivity index (χ1v) is 16.1. The van der Waals surface area contributed by atoms with Gasteiger partial charge in [0.05, 0.1) is 16.8 Å². The minimum Gasteiger partial charge on any atom is -0.458 e. The Bertz CT molecular complexity index is 2690.